The number of nitrogens with one attached hydrogen (secondary N) is 1. The Morgan fingerprint density at radius 1 is 1.19 bits per heavy atom. The second-order valence-corrected chi connectivity index (χ2v) is 10.2. The van der Waals surface area contributed by atoms with Gasteiger partial charge in [-0.3, -0.25) is 0 Å². The molecule has 0 bridgehead atoms. The Morgan fingerprint density at radius 2 is 2.03 bits per heavy atom. The van der Waals surface area contributed by atoms with Crippen LogP contribution in [0.2, 0.25) is 0 Å². The number of benzene rings is 1. The van der Waals surface area contributed by atoms with Crippen molar-refractivity contribution in [2.45, 2.75) is 88.4 Å². The summed E-state index contributed by atoms with van der Waals surface area (Å²) >= 11 is 0. The van der Waals surface area contributed by atoms with Gasteiger partial charge in [-0.15, -0.1) is 0 Å². The summed E-state index contributed by atoms with van der Waals surface area (Å²) in [6.07, 6.45) is 15.9. The topological polar surface area (TPSA) is 54.0 Å². The Morgan fingerprint density at radius 3 is 2.88 bits per heavy atom. The van der Waals surface area contributed by atoms with Crippen LogP contribution in [0.4, 0.5) is 0 Å². The minimum atomic E-state index is -0.421. The van der Waals surface area contributed by atoms with Crippen molar-refractivity contribution in [3.05, 3.63) is 34.9 Å². The van der Waals surface area contributed by atoms with Crippen LogP contribution >= 0.6 is 0 Å². The van der Waals surface area contributed by atoms with E-state index in [-0.39, 0.29) is 11.5 Å². The number of hydrogen-bond donors (Lipinski definition) is 2. The standard InChI is InChI=1S/C27H40N2O3/c1-31-23-17-20(9-5-2-3-6-14-29-15-7-4-8-16-29)22-19-28-13-12-27-11-10-21(30)18-24(27)32-26(23)25(22)27/h10-11,17,21,24,28,30H,2-9,12-16,18-19H2,1H3/t21-,24-,27-/m0/s1. The zero-order valence-electron chi connectivity index (χ0n) is 19.7. The van der Waals surface area contributed by atoms with Gasteiger partial charge in [-0.25, -0.2) is 0 Å². The number of methoxy groups -OCH3 is 1. The predicted molar refractivity (Wildman–Crippen MR) is 128 cm³/mol. The molecule has 176 valence electrons. The SMILES string of the molecule is COc1cc(CCCCCCN2CCCCC2)c2c3c1O[C@H]1C[C@@H](O)C=C[C@@]31CCNC2. The van der Waals surface area contributed by atoms with E-state index in [2.05, 4.69) is 22.4 Å². The first kappa shape index (κ1) is 22.2. The van der Waals surface area contributed by atoms with E-state index in [4.69, 9.17) is 9.47 Å². The maximum atomic E-state index is 10.2. The van der Waals surface area contributed by atoms with Crippen molar-refractivity contribution in [2.24, 2.45) is 0 Å². The summed E-state index contributed by atoms with van der Waals surface area (Å²) in [5, 5.41) is 13.9. The average molecular weight is 441 g/mol. The van der Waals surface area contributed by atoms with Gasteiger partial charge in [0.25, 0.3) is 0 Å². The van der Waals surface area contributed by atoms with E-state index in [9.17, 15) is 5.11 Å². The van der Waals surface area contributed by atoms with Crippen LogP contribution in [-0.2, 0) is 18.4 Å². The molecule has 0 unspecified atom stereocenters. The van der Waals surface area contributed by atoms with Gasteiger partial charge in [-0.2, -0.15) is 0 Å². The molecule has 0 amide bonds. The molecule has 2 N–H and O–H groups in total. The van der Waals surface area contributed by atoms with Gasteiger partial charge in [-0.05, 0) is 81.9 Å². The van der Waals surface area contributed by atoms with Crippen molar-refractivity contribution >= 4 is 0 Å². The van der Waals surface area contributed by atoms with E-state index < -0.39 is 6.10 Å². The van der Waals surface area contributed by atoms with Crippen LogP contribution in [-0.4, -0.2) is 55.5 Å². The maximum Gasteiger partial charge on any atom is 0.166 e. The molecule has 1 aliphatic carbocycles. The Bertz CT molecular complexity index is 833. The van der Waals surface area contributed by atoms with E-state index in [0.29, 0.717) is 6.42 Å². The number of piperidine rings is 1. The van der Waals surface area contributed by atoms with E-state index in [1.807, 2.05) is 6.08 Å². The van der Waals surface area contributed by atoms with Gasteiger partial charge in [0, 0.05) is 18.5 Å². The smallest absolute Gasteiger partial charge is 0.166 e. The monoisotopic (exact) mass is 440 g/mol. The van der Waals surface area contributed by atoms with Gasteiger partial charge in [0.05, 0.1) is 18.6 Å². The number of aliphatic hydroxyl groups is 1. The van der Waals surface area contributed by atoms with Crippen LogP contribution < -0.4 is 14.8 Å². The molecule has 5 nitrogen and oxygen atoms in total. The zero-order chi connectivity index (χ0) is 22.0. The van der Waals surface area contributed by atoms with Gasteiger partial charge >= 0.3 is 0 Å². The van der Waals surface area contributed by atoms with Gasteiger partial charge in [0.1, 0.15) is 6.10 Å². The summed E-state index contributed by atoms with van der Waals surface area (Å²) in [5.74, 6) is 1.78. The Hall–Kier alpha value is -1.56. The first-order valence-corrected chi connectivity index (χ1v) is 12.9. The number of unbranched alkanes of at least 4 members (excludes halogenated alkanes) is 3. The maximum absolute atomic E-state index is 10.2. The lowest BCUT2D eigenvalue weighted by atomic mass is 9.68. The van der Waals surface area contributed by atoms with Gasteiger partial charge in [0.15, 0.2) is 11.5 Å². The summed E-state index contributed by atoms with van der Waals surface area (Å²) in [7, 11) is 1.75. The molecule has 1 spiro atoms. The second-order valence-electron chi connectivity index (χ2n) is 10.2. The summed E-state index contributed by atoms with van der Waals surface area (Å²) in [6, 6.07) is 2.22. The van der Waals surface area contributed by atoms with Gasteiger partial charge in [0.2, 0.25) is 0 Å². The quantitative estimate of drug-likeness (QED) is 0.471. The van der Waals surface area contributed by atoms with Crippen LogP contribution in [0.1, 0.15) is 74.5 Å². The van der Waals surface area contributed by atoms with Crippen LogP contribution in [0.5, 0.6) is 11.5 Å². The summed E-state index contributed by atoms with van der Waals surface area (Å²) in [4.78, 5) is 2.65. The number of aliphatic hydroxyl groups excluding tert-OH is 1. The molecule has 3 heterocycles. The fraction of sp³-hybridized carbons (Fsp3) is 0.704. The number of nitrogens with zero attached hydrogens (tertiary/aromatic N) is 1. The molecule has 1 fully saturated rings. The molecule has 1 aromatic carbocycles. The van der Waals surface area contributed by atoms with Gasteiger partial charge < -0.3 is 24.8 Å². The molecular weight excluding hydrogens is 400 g/mol. The summed E-state index contributed by atoms with van der Waals surface area (Å²) in [5.41, 5.74) is 4.02. The Balaban J connectivity index is 1.29. The minimum absolute atomic E-state index is 0.00455. The molecule has 3 atom stereocenters. The van der Waals surface area contributed by atoms with Crippen molar-refractivity contribution in [2.75, 3.05) is 33.3 Å². The zero-order valence-corrected chi connectivity index (χ0v) is 19.7. The first-order valence-electron chi connectivity index (χ1n) is 12.9. The lowest BCUT2D eigenvalue weighted by Crippen LogP contribution is -2.42. The molecular formula is C27H40N2O3. The van der Waals surface area contributed by atoms with E-state index in [1.165, 1.54) is 81.3 Å². The highest BCUT2D eigenvalue weighted by Gasteiger charge is 2.52. The Kier molecular flexibility index (Phi) is 6.77. The molecule has 0 radical (unpaired) electrons. The number of rotatable bonds is 8. The van der Waals surface area contributed by atoms with E-state index >= 15 is 0 Å². The molecule has 5 rings (SSSR count). The average Bonchev–Trinajstić information content (AvgIpc) is 3.01. The summed E-state index contributed by atoms with van der Waals surface area (Å²) < 4.78 is 12.3. The van der Waals surface area contributed by atoms with Crippen LogP contribution in [0.15, 0.2) is 18.2 Å². The minimum Gasteiger partial charge on any atom is -0.493 e. The first-order chi connectivity index (χ1) is 15.7. The van der Waals surface area contributed by atoms with Crippen molar-refractivity contribution in [1.29, 1.82) is 0 Å². The summed E-state index contributed by atoms with van der Waals surface area (Å²) in [6.45, 7) is 5.75. The molecule has 4 aliphatic rings. The van der Waals surface area contributed by atoms with Crippen LogP contribution in [0.25, 0.3) is 0 Å². The molecule has 0 saturated carbocycles. The van der Waals surface area contributed by atoms with Crippen molar-refractivity contribution in [1.82, 2.24) is 10.2 Å². The fourth-order valence-electron chi connectivity index (χ4n) is 6.42. The lowest BCUT2D eigenvalue weighted by molar-refractivity contribution is 0.0851. The predicted octanol–water partition coefficient (Wildman–Crippen LogP) is 4.10. The van der Waals surface area contributed by atoms with Crippen LogP contribution in [0, 0.1) is 0 Å². The molecule has 3 aliphatic heterocycles. The molecule has 0 aromatic heterocycles. The largest absolute Gasteiger partial charge is 0.493 e. The third-order valence-corrected chi connectivity index (χ3v) is 8.17. The fourth-order valence-corrected chi connectivity index (χ4v) is 6.42. The second kappa shape index (κ2) is 9.74. The number of aryl methyl sites for hydroxylation is 1. The third kappa shape index (κ3) is 4.20. The highest BCUT2D eigenvalue weighted by Crippen LogP contribution is 2.56. The van der Waals surface area contributed by atoms with Crippen molar-refractivity contribution in [3.63, 3.8) is 0 Å². The van der Waals surface area contributed by atoms with Gasteiger partial charge in [-0.1, -0.05) is 31.4 Å². The Labute approximate surface area is 193 Å². The normalized spacial score (nSPS) is 29.2. The van der Waals surface area contributed by atoms with Crippen molar-refractivity contribution < 1.29 is 14.6 Å². The number of ether oxygens (including phenoxy) is 2. The molecule has 1 saturated heterocycles. The molecule has 32 heavy (non-hydrogen) atoms. The van der Waals surface area contributed by atoms with E-state index in [1.54, 1.807) is 7.11 Å². The molecule has 5 heteroatoms. The van der Waals surface area contributed by atoms with E-state index in [0.717, 1.165) is 37.4 Å². The molecule has 1 aromatic rings. The highest BCUT2D eigenvalue weighted by molar-refractivity contribution is 5.63. The van der Waals surface area contributed by atoms with Crippen molar-refractivity contribution in [3.8, 4) is 11.5 Å². The highest BCUT2D eigenvalue weighted by atomic mass is 16.5. The van der Waals surface area contributed by atoms with Crippen LogP contribution in [0.3, 0.4) is 0 Å². The third-order valence-electron chi connectivity index (χ3n) is 8.17. The lowest BCUT2D eigenvalue weighted by Gasteiger charge is -2.35. The number of likely N-dealkylation sites (tertiary alicyclic amines) is 1. The number of hydrogen-bond acceptors (Lipinski definition) is 5.